The van der Waals surface area contributed by atoms with Crippen LogP contribution in [0.1, 0.15) is 45.4 Å². The normalized spacial score (nSPS) is 24.7. The number of carboxylic acids is 1. The van der Waals surface area contributed by atoms with E-state index in [2.05, 4.69) is 41.7 Å². The number of hydrogen-bond donors (Lipinski definition) is 2. The van der Waals surface area contributed by atoms with E-state index in [-0.39, 0.29) is 6.04 Å². The molecule has 0 radical (unpaired) electrons. The van der Waals surface area contributed by atoms with Crippen LogP contribution in [0, 0.1) is 12.8 Å². The first kappa shape index (κ1) is 14.1. The molecule has 2 N–H and O–H groups in total. The van der Waals surface area contributed by atoms with Gasteiger partial charge in [-0.1, -0.05) is 48.6 Å². The number of carboxylic acid groups (broad SMARTS) is 1. The average molecular weight is 305 g/mol. The fourth-order valence-electron chi connectivity index (χ4n) is 4.04. The summed E-state index contributed by atoms with van der Waals surface area (Å²) in [7, 11) is 0. The number of aromatic carboxylic acids is 1. The van der Waals surface area contributed by atoms with E-state index in [0.29, 0.717) is 17.4 Å². The van der Waals surface area contributed by atoms with E-state index in [9.17, 15) is 9.90 Å². The summed E-state index contributed by atoms with van der Waals surface area (Å²) >= 11 is 0. The smallest absolute Gasteiger partial charge is 0.336 e. The highest BCUT2D eigenvalue weighted by Crippen LogP contribution is 2.50. The van der Waals surface area contributed by atoms with Gasteiger partial charge in [0.1, 0.15) is 0 Å². The summed E-state index contributed by atoms with van der Waals surface area (Å²) in [5.74, 6) is -0.0228. The van der Waals surface area contributed by atoms with Crippen molar-refractivity contribution in [2.75, 3.05) is 5.32 Å². The Morgan fingerprint density at radius 1 is 1.17 bits per heavy atom. The molecule has 0 amide bonds. The van der Waals surface area contributed by atoms with Crippen LogP contribution < -0.4 is 5.32 Å². The van der Waals surface area contributed by atoms with Crippen molar-refractivity contribution in [1.82, 2.24) is 0 Å². The van der Waals surface area contributed by atoms with Gasteiger partial charge in [0.05, 0.1) is 11.6 Å². The third-order valence-corrected chi connectivity index (χ3v) is 5.19. The molecule has 0 saturated carbocycles. The number of benzene rings is 2. The monoisotopic (exact) mass is 305 g/mol. The van der Waals surface area contributed by atoms with Gasteiger partial charge in [0.2, 0.25) is 0 Å². The van der Waals surface area contributed by atoms with Crippen molar-refractivity contribution in [1.29, 1.82) is 0 Å². The Hall–Kier alpha value is -2.55. The number of nitrogens with one attached hydrogen (secondary N) is 1. The molecule has 0 saturated heterocycles. The minimum atomic E-state index is -0.868. The van der Waals surface area contributed by atoms with Gasteiger partial charge >= 0.3 is 5.97 Å². The van der Waals surface area contributed by atoms with Crippen molar-refractivity contribution in [3.05, 3.63) is 76.9 Å². The molecule has 1 aliphatic carbocycles. The molecule has 4 rings (SSSR count). The Morgan fingerprint density at radius 3 is 2.70 bits per heavy atom. The van der Waals surface area contributed by atoms with E-state index < -0.39 is 5.97 Å². The predicted octanol–water partition coefficient (Wildman–Crippen LogP) is 4.52. The molecule has 3 atom stereocenters. The van der Waals surface area contributed by atoms with Gasteiger partial charge in [-0.05, 0) is 42.0 Å². The Kier molecular flexibility index (Phi) is 3.22. The standard InChI is InChI=1S/C20H19NO2/c1-12-14(20(22)23)10-11-17-15-8-5-9-16(15)19(21-18(12)17)13-6-3-2-4-7-13/h2-8,10-11,15-16,19,21H,9H2,1H3,(H,22,23)/t15-,16+,19+/m1/s1. The van der Waals surface area contributed by atoms with Crippen molar-refractivity contribution in [2.45, 2.75) is 25.3 Å². The highest BCUT2D eigenvalue weighted by atomic mass is 16.4. The van der Waals surface area contributed by atoms with Crippen LogP contribution in [0.25, 0.3) is 0 Å². The van der Waals surface area contributed by atoms with Gasteiger partial charge in [-0.25, -0.2) is 4.79 Å². The van der Waals surface area contributed by atoms with E-state index in [1.807, 2.05) is 19.1 Å². The first-order valence-electron chi connectivity index (χ1n) is 8.01. The molecule has 1 aliphatic heterocycles. The minimum absolute atomic E-state index is 0.214. The maximum Gasteiger partial charge on any atom is 0.336 e. The van der Waals surface area contributed by atoms with Gasteiger partial charge in [0.25, 0.3) is 0 Å². The van der Waals surface area contributed by atoms with Crippen molar-refractivity contribution in [3.8, 4) is 0 Å². The molecule has 1 heterocycles. The number of carbonyl (C=O) groups is 1. The van der Waals surface area contributed by atoms with Gasteiger partial charge in [-0.3, -0.25) is 0 Å². The Balaban J connectivity index is 1.85. The fourth-order valence-corrected chi connectivity index (χ4v) is 4.04. The van der Waals surface area contributed by atoms with Crippen molar-refractivity contribution in [2.24, 2.45) is 5.92 Å². The van der Waals surface area contributed by atoms with Crippen LogP contribution in [0.5, 0.6) is 0 Å². The lowest BCUT2D eigenvalue weighted by molar-refractivity contribution is 0.0696. The molecule has 116 valence electrons. The number of rotatable bonds is 2. The topological polar surface area (TPSA) is 49.3 Å². The summed E-state index contributed by atoms with van der Waals surface area (Å²) in [4.78, 5) is 11.4. The van der Waals surface area contributed by atoms with E-state index in [0.717, 1.165) is 17.7 Å². The zero-order chi connectivity index (χ0) is 16.0. The molecule has 2 aromatic carbocycles. The molecule has 0 unspecified atom stereocenters. The van der Waals surface area contributed by atoms with Crippen LogP contribution in [0.4, 0.5) is 5.69 Å². The number of anilines is 1. The molecule has 2 aromatic rings. The van der Waals surface area contributed by atoms with Crippen molar-refractivity contribution in [3.63, 3.8) is 0 Å². The number of allylic oxidation sites excluding steroid dienone is 2. The largest absolute Gasteiger partial charge is 0.478 e. The quantitative estimate of drug-likeness (QED) is 0.802. The first-order chi connectivity index (χ1) is 11.2. The Morgan fingerprint density at radius 2 is 1.96 bits per heavy atom. The van der Waals surface area contributed by atoms with Crippen molar-refractivity contribution >= 4 is 11.7 Å². The minimum Gasteiger partial charge on any atom is -0.478 e. The predicted molar refractivity (Wildman–Crippen MR) is 90.9 cm³/mol. The summed E-state index contributed by atoms with van der Waals surface area (Å²) in [6.45, 7) is 1.90. The maximum absolute atomic E-state index is 11.4. The summed E-state index contributed by atoms with van der Waals surface area (Å²) in [6, 6.07) is 14.4. The summed E-state index contributed by atoms with van der Waals surface area (Å²) in [6.07, 6.45) is 5.58. The number of fused-ring (bicyclic) bond motifs is 3. The summed E-state index contributed by atoms with van der Waals surface area (Å²) in [5, 5.41) is 13.0. The summed E-state index contributed by atoms with van der Waals surface area (Å²) < 4.78 is 0. The van der Waals surface area contributed by atoms with E-state index in [1.165, 1.54) is 11.1 Å². The molecular formula is C20H19NO2. The second-order valence-corrected chi connectivity index (χ2v) is 6.39. The molecule has 3 heteroatoms. The lowest BCUT2D eigenvalue weighted by Crippen LogP contribution is -2.30. The zero-order valence-electron chi connectivity index (χ0n) is 13.0. The van der Waals surface area contributed by atoms with E-state index in [1.54, 1.807) is 6.07 Å². The fraction of sp³-hybridized carbons (Fsp3) is 0.250. The third kappa shape index (κ3) is 2.15. The Labute approximate surface area is 135 Å². The zero-order valence-corrected chi connectivity index (χ0v) is 13.0. The van der Waals surface area contributed by atoms with Crippen LogP contribution in [0.2, 0.25) is 0 Å². The molecule has 3 nitrogen and oxygen atoms in total. The molecule has 0 bridgehead atoms. The van der Waals surface area contributed by atoms with E-state index in [4.69, 9.17) is 0 Å². The number of hydrogen-bond acceptors (Lipinski definition) is 2. The van der Waals surface area contributed by atoms with Crippen LogP contribution in [-0.2, 0) is 0 Å². The van der Waals surface area contributed by atoms with Crippen LogP contribution in [0.3, 0.4) is 0 Å². The lowest BCUT2D eigenvalue weighted by Gasteiger charge is -2.38. The second kappa shape index (κ2) is 5.27. The van der Waals surface area contributed by atoms with Crippen molar-refractivity contribution < 1.29 is 9.90 Å². The van der Waals surface area contributed by atoms with Crippen LogP contribution in [0.15, 0.2) is 54.6 Å². The highest BCUT2D eigenvalue weighted by molar-refractivity contribution is 5.92. The first-order valence-corrected chi connectivity index (χ1v) is 8.01. The van der Waals surface area contributed by atoms with Crippen LogP contribution in [-0.4, -0.2) is 11.1 Å². The summed E-state index contributed by atoms with van der Waals surface area (Å²) in [5.41, 5.74) is 4.68. The second-order valence-electron chi connectivity index (χ2n) is 6.39. The van der Waals surface area contributed by atoms with Gasteiger partial charge < -0.3 is 10.4 Å². The SMILES string of the molecule is Cc1c(C(=O)O)ccc2c1N[C@@H](c1ccccc1)[C@H]1CC=C[C@@H]21. The lowest BCUT2D eigenvalue weighted by atomic mass is 9.76. The van der Waals surface area contributed by atoms with Gasteiger partial charge in [0, 0.05) is 11.6 Å². The molecular weight excluding hydrogens is 286 g/mol. The van der Waals surface area contributed by atoms with Crippen LogP contribution >= 0.6 is 0 Å². The van der Waals surface area contributed by atoms with Gasteiger partial charge in [0.15, 0.2) is 0 Å². The average Bonchev–Trinajstić information content (AvgIpc) is 3.05. The van der Waals surface area contributed by atoms with Gasteiger partial charge in [-0.15, -0.1) is 0 Å². The van der Waals surface area contributed by atoms with E-state index >= 15 is 0 Å². The van der Waals surface area contributed by atoms with Gasteiger partial charge in [-0.2, -0.15) is 0 Å². The third-order valence-electron chi connectivity index (χ3n) is 5.19. The molecule has 0 fully saturated rings. The highest BCUT2D eigenvalue weighted by Gasteiger charge is 2.38. The molecule has 0 aromatic heterocycles. The molecule has 23 heavy (non-hydrogen) atoms. The molecule has 0 spiro atoms. The maximum atomic E-state index is 11.4. The molecule has 2 aliphatic rings. The Bertz CT molecular complexity index is 795.